The lowest BCUT2D eigenvalue weighted by molar-refractivity contribution is -0.121. The van der Waals surface area contributed by atoms with Crippen molar-refractivity contribution >= 4 is 21.6 Å². The molecular weight excluding hydrogens is 374 g/mol. The molecule has 146 valence electrons. The number of halogens is 2. The van der Waals surface area contributed by atoms with Gasteiger partial charge in [-0.25, -0.2) is 17.2 Å². The van der Waals surface area contributed by atoms with Crippen molar-refractivity contribution in [3.05, 3.63) is 65.7 Å². The number of hydrogen-bond acceptors (Lipinski definition) is 3. The highest BCUT2D eigenvalue weighted by atomic mass is 32.2. The second-order valence-corrected chi connectivity index (χ2v) is 8.14. The van der Waals surface area contributed by atoms with E-state index in [-0.39, 0.29) is 42.8 Å². The lowest BCUT2D eigenvalue weighted by atomic mass is 10.1. The molecule has 2 rings (SSSR count). The molecule has 2 aromatic rings. The molecule has 0 aliphatic rings. The van der Waals surface area contributed by atoms with E-state index in [2.05, 4.69) is 5.32 Å². The topological polar surface area (TPSA) is 66.5 Å². The van der Waals surface area contributed by atoms with Gasteiger partial charge in [-0.15, -0.1) is 0 Å². The van der Waals surface area contributed by atoms with Crippen molar-refractivity contribution < 1.29 is 22.0 Å². The summed E-state index contributed by atoms with van der Waals surface area (Å²) in [4.78, 5) is 12.1. The van der Waals surface area contributed by atoms with Crippen LogP contribution in [-0.4, -0.2) is 27.1 Å². The number of carbonyl (C=O) groups is 1. The van der Waals surface area contributed by atoms with E-state index in [0.29, 0.717) is 0 Å². The van der Waals surface area contributed by atoms with Gasteiger partial charge in [-0.3, -0.25) is 9.10 Å². The van der Waals surface area contributed by atoms with Gasteiger partial charge in [0.05, 0.1) is 18.0 Å². The van der Waals surface area contributed by atoms with E-state index in [1.165, 1.54) is 30.3 Å². The standard InChI is InChI=1S/C19H22F2N2O3S/c1-14(15-9-11-16(20)12-10-15)22-19(24)8-5-13-23(27(2,25)26)18-7-4-3-6-17(18)21/h3-4,6-7,9-12,14H,5,8,13H2,1-2H3,(H,22,24)/t14-/m0/s1. The number of nitrogens with one attached hydrogen (secondary N) is 1. The Balaban J connectivity index is 1.93. The number of carbonyl (C=O) groups excluding carboxylic acids is 1. The first kappa shape index (κ1) is 20.8. The van der Waals surface area contributed by atoms with Crippen LogP contribution in [0.2, 0.25) is 0 Å². The van der Waals surface area contributed by atoms with Crippen LogP contribution in [0, 0.1) is 11.6 Å². The molecule has 1 amide bonds. The van der Waals surface area contributed by atoms with Crippen molar-refractivity contribution in [2.24, 2.45) is 0 Å². The van der Waals surface area contributed by atoms with Gasteiger partial charge in [0, 0.05) is 13.0 Å². The van der Waals surface area contributed by atoms with Gasteiger partial charge in [0.2, 0.25) is 15.9 Å². The van der Waals surface area contributed by atoms with Crippen molar-refractivity contribution in [1.82, 2.24) is 5.32 Å². The maximum Gasteiger partial charge on any atom is 0.232 e. The summed E-state index contributed by atoms with van der Waals surface area (Å²) in [7, 11) is -3.68. The minimum atomic E-state index is -3.68. The molecule has 0 aromatic heterocycles. The molecule has 0 unspecified atom stereocenters. The monoisotopic (exact) mass is 396 g/mol. The highest BCUT2D eigenvalue weighted by Crippen LogP contribution is 2.22. The molecule has 1 atom stereocenters. The molecule has 0 spiro atoms. The number of benzene rings is 2. The van der Waals surface area contributed by atoms with Gasteiger partial charge in [0.1, 0.15) is 11.6 Å². The van der Waals surface area contributed by atoms with Gasteiger partial charge in [0.15, 0.2) is 0 Å². The predicted octanol–water partition coefficient (Wildman–Crippen LogP) is 3.39. The van der Waals surface area contributed by atoms with Gasteiger partial charge in [0.25, 0.3) is 0 Å². The van der Waals surface area contributed by atoms with Crippen molar-refractivity contribution in [3.8, 4) is 0 Å². The Kier molecular flexibility index (Phi) is 6.90. The molecule has 8 heteroatoms. The van der Waals surface area contributed by atoms with E-state index < -0.39 is 15.8 Å². The Morgan fingerprint density at radius 2 is 1.74 bits per heavy atom. The summed E-state index contributed by atoms with van der Waals surface area (Å²) in [6.07, 6.45) is 1.30. The van der Waals surface area contributed by atoms with E-state index in [0.717, 1.165) is 16.1 Å². The Morgan fingerprint density at radius 3 is 2.33 bits per heavy atom. The molecule has 2 aromatic carbocycles. The summed E-state index contributed by atoms with van der Waals surface area (Å²) in [5, 5.41) is 2.78. The van der Waals surface area contributed by atoms with Crippen LogP contribution in [0.25, 0.3) is 0 Å². The highest BCUT2D eigenvalue weighted by Gasteiger charge is 2.20. The molecular formula is C19H22F2N2O3S. The minimum Gasteiger partial charge on any atom is -0.350 e. The minimum absolute atomic E-state index is 0.0158. The Bertz CT molecular complexity index is 886. The number of nitrogens with zero attached hydrogens (tertiary/aromatic N) is 1. The maximum absolute atomic E-state index is 13.9. The molecule has 27 heavy (non-hydrogen) atoms. The second kappa shape index (κ2) is 8.94. The number of hydrogen-bond donors (Lipinski definition) is 1. The predicted molar refractivity (Wildman–Crippen MR) is 101 cm³/mol. The summed E-state index contributed by atoms with van der Waals surface area (Å²) in [5.74, 6) is -1.27. The normalized spacial score (nSPS) is 12.4. The summed E-state index contributed by atoms with van der Waals surface area (Å²) in [6, 6.07) is 11.1. The van der Waals surface area contributed by atoms with Crippen LogP contribution >= 0.6 is 0 Å². The molecule has 0 fully saturated rings. The SMILES string of the molecule is C[C@H](NC(=O)CCCN(c1ccccc1F)S(C)(=O)=O)c1ccc(F)cc1. The van der Waals surface area contributed by atoms with Crippen molar-refractivity contribution in [3.63, 3.8) is 0 Å². The van der Waals surface area contributed by atoms with Gasteiger partial charge < -0.3 is 5.32 Å². The fraction of sp³-hybridized carbons (Fsp3) is 0.316. The molecule has 0 saturated carbocycles. The number of rotatable bonds is 8. The average Bonchev–Trinajstić information content (AvgIpc) is 2.59. The summed E-state index contributed by atoms with van der Waals surface area (Å²) < 4.78 is 51.8. The van der Waals surface area contributed by atoms with Gasteiger partial charge in [-0.2, -0.15) is 0 Å². The van der Waals surface area contributed by atoms with E-state index in [1.807, 2.05) is 0 Å². The summed E-state index contributed by atoms with van der Waals surface area (Å²) >= 11 is 0. The third kappa shape index (κ3) is 6.02. The third-order valence-electron chi connectivity index (χ3n) is 4.03. The Hall–Kier alpha value is -2.48. The van der Waals surface area contributed by atoms with Crippen LogP contribution in [0.1, 0.15) is 31.4 Å². The zero-order valence-corrected chi connectivity index (χ0v) is 16.0. The highest BCUT2D eigenvalue weighted by molar-refractivity contribution is 7.92. The van der Waals surface area contributed by atoms with Crippen molar-refractivity contribution in [2.45, 2.75) is 25.8 Å². The van der Waals surface area contributed by atoms with Crippen LogP contribution in [0.5, 0.6) is 0 Å². The van der Waals surface area contributed by atoms with Crippen LogP contribution in [-0.2, 0) is 14.8 Å². The Labute approximate surface area is 158 Å². The molecule has 5 nitrogen and oxygen atoms in total. The summed E-state index contributed by atoms with van der Waals surface area (Å²) in [6.45, 7) is 1.76. The molecule has 0 heterocycles. The molecule has 0 bridgehead atoms. The third-order valence-corrected chi connectivity index (χ3v) is 5.21. The van der Waals surface area contributed by atoms with Crippen molar-refractivity contribution in [1.29, 1.82) is 0 Å². The smallest absolute Gasteiger partial charge is 0.232 e. The number of amides is 1. The molecule has 0 aliphatic heterocycles. The summed E-state index contributed by atoms with van der Waals surface area (Å²) in [5.41, 5.74) is 0.717. The number of para-hydroxylation sites is 1. The zero-order valence-electron chi connectivity index (χ0n) is 15.2. The van der Waals surface area contributed by atoms with E-state index in [9.17, 15) is 22.0 Å². The second-order valence-electron chi connectivity index (χ2n) is 6.23. The maximum atomic E-state index is 13.9. The van der Waals surface area contributed by atoms with Gasteiger partial charge >= 0.3 is 0 Å². The van der Waals surface area contributed by atoms with E-state index in [4.69, 9.17) is 0 Å². The van der Waals surface area contributed by atoms with Crippen LogP contribution < -0.4 is 9.62 Å². The van der Waals surface area contributed by atoms with E-state index in [1.54, 1.807) is 25.1 Å². The fourth-order valence-electron chi connectivity index (χ4n) is 2.65. The quantitative estimate of drug-likeness (QED) is 0.744. The largest absolute Gasteiger partial charge is 0.350 e. The zero-order chi connectivity index (χ0) is 20.0. The lowest BCUT2D eigenvalue weighted by Crippen LogP contribution is -2.33. The molecule has 1 N–H and O–H groups in total. The van der Waals surface area contributed by atoms with Crippen LogP contribution in [0.15, 0.2) is 48.5 Å². The van der Waals surface area contributed by atoms with Gasteiger partial charge in [-0.1, -0.05) is 24.3 Å². The van der Waals surface area contributed by atoms with Crippen LogP contribution in [0.4, 0.5) is 14.5 Å². The molecule has 0 saturated heterocycles. The lowest BCUT2D eigenvalue weighted by Gasteiger charge is -2.23. The molecule has 0 aliphatic carbocycles. The first-order valence-corrected chi connectivity index (χ1v) is 10.3. The average molecular weight is 396 g/mol. The van der Waals surface area contributed by atoms with Crippen LogP contribution in [0.3, 0.4) is 0 Å². The first-order chi connectivity index (χ1) is 12.7. The number of sulfonamides is 1. The first-order valence-electron chi connectivity index (χ1n) is 8.45. The Morgan fingerprint density at radius 1 is 1.11 bits per heavy atom. The number of anilines is 1. The molecule has 0 radical (unpaired) electrons. The van der Waals surface area contributed by atoms with Crippen molar-refractivity contribution in [2.75, 3.05) is 17.1 Å². The fourth-order valence-corrected chi connectivity index (χ4v) is 3.62. The van der Waals surface area contributed by atoms with Gasteiger partial charge in [-0.05, 0) is 43.2 Å². The van der Waals surface area contributed by atoms with E-state index >= 15 is 0 Å².